The molecule has 4 rings (SSSR count). The van der Waals surface area contributed by atoms with Gasteiger partial charge >= 0.3 is 6.09 Å². The first-order valence-electron chi connectivity index (χ1n) is 14.3. The van der Waals surface area contributed by atoms with Gasteiger partial charge in [-0.15, -0.1) is 0 Å². The molecule has 0 spiro atoms. The number of likely N-dealkylation sites (tertiary alicyclic amines) is 1. The van der Waals surface area contributed by atoms with Gasteiger partial charge < -0.3 is 28.9 Å². The number of anilines is 2. The van der Waals surface area contributed by atoms with Crippen molar-refractivity contribution >= 4 is 35.1 Å². The Morgan fingerprint density at radius 1 is 1.12 bits per heavy atom. The maximum Gasteiger partial charge on any atom is 0.410 e. The van der Waals surface area contributed by atoms with E-state index in [0.717, 1.165) is 12.8 Å². The van der Waals surface area contributed by atoms with Crippen LogP contribution >= 0.6 is 0 Å². The molecule has 10 nitrogen and oxygen atoms in total. The van der Waals surface area contributed by atoms with E-state index in [0.29, 0.717) is 43.3 Å². The minimum Gasteiger partial charge on any atom is -0.476 e. The van der Waals surface area contributed by atoms with Crippen molar-refractivity contribution in [2.24, 2.45) is 11.8 Å². The lowest BCUT2D eigenvalue weighted by molar-refractivity contribution is -0.133. The Hall–Kier alpha value is -3.14. The van der Waals surface area contributed by atoms with Gasteiger partial charge in [0.2, 0.25) is 5.91 Å². The number of nitrogens with zero attached hydrogens (tertiary/aromatic N) is 3. The molecule has 0 bridgehead atoms. The fourth-order valence-electron chi connectivity index (χ4n) is 5.32. The number of piperidine rings is 1. The summed E-state index contributed by atoms with van der Waals surface area (Å²) in [6, 6.07) is 5.51. The van der Waals surface area contributed by atoms with E-state index in [2.05, 4.69) is 0 Å². The molecule has 2 heterocycles. The number of hydrogen-bond donors (Lipinski definition) is 0. The normalized spacial score (nSPS) is 22.3. The molecule has 40 heavy (non-hydrogen) atoms. The van der Waals surface area contributed by atoms with Gasteiger partial charge in [0.05, 0.1) is 18.2 Å². The highest BCUT2D eigenvalue weighted by atomic mass is 16.6. The van der Waals surface area contributed by atoms with Crippen LogP contribution in [0.15, 0.2) is 18.2 Å². The number of Topliss-reactive ketones (excluding diaryl/α,β-unsaturated/α-hetero) is 1. The van der Waals surface area contributed by atoms with Crippen molar-refractivity contribution in [1.82, 2.24) is 4.90 Å². The van der Waals surface area contributed by atoms with Crippen LogP contribution in [0.1, 0.15) is 67.7 Å². The fraction of sp³-hybridized carbons (Fsp3) is 0.667. The zero-order valence-corrected chi connectivity index (χ0v) is 24.8. The summed E-state index contributed by atoms with van der Waals surface area (Å²) < 4.78 is 17.1. The first kappa shape index (κ1) is 29.8. The average Bonchev–Trinajstić information content (AvgIpc) is 3.70. The van der Waals surface area contributed by atoms with Gasteiger partial charge in [-0.2, -0.15) is 0 Å². The minimum absolute atomic E-state index is 0.0201. The second-order valence-corrected chi connectivity index (χ2v) is 12.5. The van der Waals surface area contributed by atoms with Crippen LogP contribution < -0.4 is 14.5 Å². The summed E-state index contributed by atoms with van der Waals surface area (Å²) in [7, 11) is 0. The third kappa shape index (κ3) is 6.59. The quantitative estimate of drug-likeness (QED) is 0.442. The second kappa shape index (κ2) is 11.4. The van der Waals surface area contributed by atoms with Crippen LogP contribution in [0.3, 0.4) is 0 Å². The Morgan fingerprint density at radius 3 is 2.40 bits per heavy atom. The molecule has 1 saturated heterocycles. The lowest BCUT2D eigenvalue weighted by atomic mass is 9.86. The van der Waals surface area contributed by atoms with Crippen LogP contribution in [0.2, 0.25) is 0 Å². The van der Waals surface area contributed by atoms with Crippen LogP contribution in [0.25, 0.3) is 0 Å². The van der Waals surface area contributed by atoms with Crippen LogP contribution in [0.5, 0.6) is 5.75 Å². The number of amides is 3. The number of hydrogen-bond acceptors (Lipinski definition) is 7. The largest absolute Gasteiger partial charge is 0.476 e. The number of ether oxygens (including phenoxy) is 3. The highest BCUT2D eigenvalue weighted by Crippen LogP contribution is 2.43. The Labute approximate surface area is 236 Å². The monoisotopic (exact) mass is 557 g/mol. The highest BCUT2D eigenvalue weighted by molar-refractivity contribution is 6.04. The fourth-order valence-corrected chi connectivity index (χ4v) is 5.32. The lowest BCUT2D eigenvalue weighted by Gasteiger charge is -2.40. The van der Waals surface area contributed by atoms with E-state index in [1.165, 1.54) is 11.8 Å². The molecule has 1 aromatic rings. The van der Waals surface area contributed by atoms with Crippen molar-refractivity contribution in [1.29, 1.82) is 0 Å². The third-order valence-electron chi connectivity index (χ3n) is 7.48. The van der Waals surface area contributed by atoms with E-state index in [9.17, 15) is 19.2 Å². The molecular weight excluding hydrogens is 514 g/mol. The topological polar surface area (TPSA) is 106 Å². The Kier molecular flexibility index (Phi) is 8.49. The third-order valence-corrected chi connectivity index (χ3v) is 7.48. The van der Waals surface area contributed by atoms with E-state index in [1.54, 1.807) is 50.5 Å². The molecular formula is C30H43N3O7. The molecule has 1 aromatic carbocycles. The van der Waals surface area contributed by atoms with Crippen LogP contribution in [-0.2, 0) is 23.9 Å². The number of fused-ring (bicyclic) bond motifs is 1. The Morgan fingerprint density at radius 2 is 1.80 bits per heavy atom. The van der Waals surface area contributed by atoms with E-state index in [-0.39, 0.29) is 36.7 Å². The summed E-state index contributed by atoms with van der Waals surface area (Å²) in [4.78, 5) is 57.7. The van der Waals surface area contributed by atoms with Gasteiger partial charge in [-0.05, 0) is 85.9 Å². The summed E-state index contributed by atoms with van der Waals surface area (Å²) in [6.07, 6.45) is 1.57. The molecule has 1 aliphatic carbocycles. The summed E-state index contributed by atoms with van der Waals surface area (Å²) in [5, 5.41) is 0. The highest BCUT2D eigenvalue weighted by Gasteiger charge is 2.44. The molecule has 2 fully saturated rings. The lowest BCUT2D eigenvalue weighted by Crippen LogP contribution is -2.53. The summed E-state index contributed by atoms with van der Waals surface area (Å²) in [5.74, 6) is -0.795. The summed E-state index contributed by atoms with van der Waals surface area (Å²) >= 11 is 0. The smallest absolute Gasteiger partial charge is 0.410 e. The van der Waals surface area contributed by atoms with Gasteiger partial charge in [-0.3, -0.25) is 14.4 Å². The Bertz CT molecular complexity index is 1150. The molecule has 0 aromatic heterocycles. The van der Waals surface area contributed by atoms with Crippen LogP contribution in [0.4, 0.5) is 16.2 Å². The predicted octanol–water partition coefficient (Wildman–Crippen LogP) is 4.18. The second-order valence-electron chi connectivity index (χ2n) is 12.5. The zero-order chi connectivity index (χ0) is 29.4. The molecule has 1 saturated carbocycles. The van der Waals surface area contributed by atoms with Gasteiger partial charge in [0.15, 0.2) is 5.60 Å². The van der Waals surface area contributed by atoms with Crippen molar-refractivity contribution in [3.63, 3.8) is 0 Å². The molecule has 0 N–H and O–H groups in total. The van der Waals surface area contributed by atoms with Gasteiger partial charge in [0.25, 0.3) is 5.91 Å². The van der Waals surface area contributed by atoms with Crippen molar-refractivity contribution in [2.45, 2.75) is 85.0 Å². The maximum atomic E-state index is 14.1. The summed E-state index contributed by atoms with van der Waals surface area (Å²) in [6.45, 7) is 14.0. The molecule has 3 aliphatic rings. The number of ketones is 1. The molecule has 3 amide bonds. The van der Waals surface area contributed by atoms with Crippen molar-refractivity contribution in [3.8, 4) is 5.75 Å². The SMILES string of the molecule is CCOCCN1C(=O)C(C)(C)Oc2ccc(N(C(=O)C3CC(C(C)=O)CN(C(=O)OC(C)(C)C)C3)C3CC3)cc21. The Balaban J connectivity index is 1.63. The minimum atomic E-state index is -1.03. The molecule has 2 unspecified atom stereocenters. The van der Waals surface area contributed by atoms with Crippen molar-refractivity contribution in [3.05, 3.63) is 18.2 Å². The van der Waals surface area contributed by atoms with Crippen LogP contribution in [0, 0.1) is 11.8 Å². The van der Waals surface area contributed by atoms with Gasteiger partial charge in [0, 0.05) is 43.9 Å². The molecule has 2 atom stereocenters. The molecule has 0 radical (unpaired) electrons. The summed E-state index contributed by atoms with van der Waals surface area (Å²) in [5.41, 5.74) is -0.453. The maximum absolute atomic E-state index is 14.1. The standard InChI is InChI=1S/C30H43N3O7/c1-8-38-14-13-32-24-16-23(11-12-25(24)39-30(6,7)27(32)36)33(22-9-10-22)26(35)21-15-20(19(2)34)17-31(18-21)28(37)40-29(3,4)5/h11-12,16,20-22H,8-10,13-15,17-18H2,1-7H3. The van der Waals surface area contributed by atoms with Crippen molar-refractivity contribution < 1.29 is 33.4 Å². The van der Waals surface area contributed by atoms with Gasteiger partial charge in [0.1, 0.15) is 17.1 Å². The van der Waals surface area contributed by atoms with Crippen molar-refractivity contribution in [2.75, 3.05) is 42.6 Å². The number of carbonyl (C=O) groups is 4. The molecule has 220 valence electrons. The van der Waals surface area contributed by atoms with Crippen LogP contribution in [-0.4, -0.2) is 78.7 Å². The number of carbonyl (C=O) groups excluding carboxylic acids is 4. The van der Waals surface area contributed by atoms with Gasteiger partial charge in [-0.1, -0.05) is 0 Å². The van der Waals surface area contributed by atoms with E-state index in [1.807, 2.05) is 19.1 Å². The predicted molar refractivity (Wildman–Crippen MR) is 151 cm³/mol. The zero-order valence-electron chi connectivity index (χ0n) is 24.8. The van der Waals surface area contributed by atoms with E-state index in [4.69, 9.17) is 14.2 Å². The average molecular weight is 558 g/mol. The first-order valence-corrected chi connectivity index (χ1v) is 14.3. The van der Waals surface area contributed by atoms with E-state index >= 15 is 0 Å². The number of rotatable bonds is 8. The molecule has 2 aliphatic heterocycles. The number of benzene rings is 1. The van der Waals surface area contributed by atoms with E-state index < -0.39 is 29.1 Å². The first-order chi connectivity index (χ1) is 18.7. The molecule has 10 heteroatoms. The van der Waals surface area contributed by atoms with Gasteiger partial charge in [-0.25, -0.2) is 4.79 Å².